The van der Waals surface area contributed by atoms with Gasteiger partial charge in [-0.3, -0.25) is 4.98 Å². The Morgan fingerprint density at radius 2 is 1.86 bits per heavy atom. The van der Waals surface area contributed by atoms with Gasteiger partial charge >= 0.3 is 0 Å². The average molecular weight is 185 g/mol. The maximum Gasteiger partial charge on any atom is 0.115 e. The third kappa shape index (κ3) is 1.62. The van der Waals surface area contributed by atoms with Crippen LogP contribution >= 0.6 is 0 Å². The van der Waals surface area contributed by atoms with Crippen molar-refractivity contribution in [1.29, 1.82) is 0 Å². The fraction of sp³-hybridized carbons (Fsp3) is 0.182. The summed E-state index contributed by atoms with van der Waals surface area (Å²) in [5.74, 6) is 0. The quantitative estimate of drug-likeness (QED) is 0.683. The molecule has 0 aliphatic heterocycles. The molecule has 0 radical (unpaired) electrons. The van der Waals surface area contributed by atoms with Gasteiger partial charge in [-0.15, -0.1) is 0 Å². The third-order valence-electron chi connectivity index (χ3n) is 2.10. The van der Waals surface area contributed by atoms with Gasteiger partial charge in [-0.05, 0) is 25.5 Å². The molecule has 2 rings (SSSR count). The molecule has 2 heterocycles. The number of pyridine rings is 1. The molecule has 2 aromatic heterocycles. The van der Waals surface area contributed by atoms with Gasteiger partial charge in [0.1, 0.15) is 6.33 Å². The van der Waals surface area contributed by atoms with Crippen LogP contribution in [0.2, 0.25) is 0 Å². The molecule has 0 bridgehead atoms. The van der Waals surface area contributed by atoms with E-state index in [0.717, 1.165) is 22.5 Å². The second-order valence-corrected chi connectivity index (χ2v) is 3.24. The van der Waals surface area contributed by atoms with Gasteiger partial charge in [-0.2, -0.15) is 0 Å². The zero-order valence-corrected chi connectivity index (χ0v) is 8.23. The lowest BCUT2D eigenvalue weighted by atomic mass is 10.1. The van der Waals surface area contributed by atoms with E-state index in [0.29, 0.717) is 0 Å². The molecular formula is C11H11N3. The van der Waals surface area contributed by atoms with E-state index in [1.54, 1.807) is 12.5 Å². The second-order valence-electron chi connectivity index (χ2n) is 3.24. The monoisotopic (exact) mass is 185 g/mol. The molecule has 0 spiro atoms. The predicted octanol–water partition coefficient (Wildman–Crippen LogP) is 2.16. The van der Waals surface area contributed by atoms with Crippen LogP contribution in [-0.2, 0) is 0 Å². The number of nitrogens with zero attached hydrogens (tertiary/aromatic N) is 3. The zero-order valence-electron chi connectivity index (χ0n) is 8.23. The number of rotatable bonds is 1. The highest BCUT2D eigenvalue weighted by Crippen LogP contribution is 2.17. The van der Waals surface area contributed by atoms with Gasteiger partial charge in [0.15, 0.2) is 0 Å². The highest BCUT2D eigenvalue weighted by atomic mass is 14.8. The van der Waals surface area contributed by atoms with Crippen LogP contribution in [0.15, 0.2) is 30.9 Å². The predicted molar refractivity (Wildman–Crippen MR) is 54.7 cm³/mol. The summed E-state index contributed by atoms with van der Waals surface area (Å²) in [7, 11) is 0. The van der Waals surface area contributed by atoms with Crippen molar-refractivity contribution >= 4 is 0 Å². The topological polar surface area (TPSA) is 38.7 Å². The minimum atomic E-state index is 0.925. The van der Waals surface area contributed by atoms with E-state index in [1.807, 2.05) is 32.2 Å². The summed E-state index contributed by atoms with van der Waals surface area (Å²) in [4.78, 5) is 12.4. The SMILES string of the molecule is Cc1ccc(-c2cncnc2C)nc1. The molecule has 0 aliphatic rings. The van der Waals surface area contributed by atoms with Gasteiger partial charge in [0.05, 0.1) is 11.4 Å². The first kappa shape index (κ1) is 8.81. The molecule has 3 heteroatoms. The number of aryl methyl sites for hydroxylation is 2. The van der Waals surface area contributed by atoms with E-state index in [1.165, 1.54) is 0 Å². The first-order chi connectivity index (χ1) is 6.77. The summed E-state index contributed by atoms with van der Waals surface area (Å²) >= 11 is 0. The summed E-state index contributed by atoms with van der Waals surface area (Å²) < 4.78 is 0. The van der Waals surface area contributed by atoms with E-state index in [-0.39, 0.29) is 0 Å². The van der Waals surface area contributed by atoms with Crippen molar-refractivity contribution in [3.63, 3.8) is 0 Å². The molecule has 0 fully saturated rings. The van der Waals surface area contributed by atoms with Crippen molar-refractivity contribution in [2.75, 3.05) is 0 Å². The van der Waals surface area contributed by atoms with E-state index in [9.17, 15) is 0 Å². The fourth-order valence-electron chi connectivity index (χ4n) is 1.27. The van der Waals surface area contributed by atoms with Crippen molar-refractivity contribution in [2.45, 2.75) is 13.8 Å². The first-order valence-corrected chi connectivity index (χ1v) is 4.47. The number of aromatic nitrogens is 3. The maximum absolute atomic E-state index is 4.33. The Labute approximate surface area is 82.9 Å². The Bertz CT molecular complexity index is 435. The Hall–Kier alpha value is -1.77. The van der Waals surface area contributed by atoms with Gasteiger partial charge < -0.3 is 0 Å². The molecule has 0 aliphatic carbocycles. The third-order valence-corrected chi connectivity index (χ3v) is 2.10. The lowest BCUT2D eigenvalue weighted by Crippen LogP contribution is -1.91. The standard InChI is InChI=1S/C11H11N3/c1-8-3-4-11(13-5-8)10-6-12-7-14-9(10)2/h3-7H,1-2H3. The smallest absolute Gasteiger partial charge is 0.115 e. The maximum atomic E-state index is 4.33. The van der Waals surface area contributed by atoms with Gasteiger partial charge in [0, 0.05) is 18.0 Å². The Balaban J connectivity index is 2.50. The van der Waals surface area contributed by atoms with Crippen molar-refractivity contribution in [2.24, 2.45) is 0 Å². The van der Waals surface area contributed by atoms with E-state index in [4.69, 9.17) is 0 Å². The van der Waals surface area contributed by atoms with Gasteiger partial charge in [0.25, 0.3) is 0 Å². The lowest BCUT2D eigenvalue weighted by Gasteiger charge is -2.02. The van der Waals surface area contributed by atoms with Gasteiger partial charge in [-0.1, -0.05) is 6.07 Å². The molecule has 0 amide bonds. The van der Waals surface area contributed by atoms with Crippen molar-refractivity contribution < 1.29 is 0 Å². The van der Waals surface area contributed by atoms with Crippen LogP contribution in [0.5, 0.6) is 0 Å². The van der Waals surface area contributed by atoms with Gasteiger partial charge in [-0.25, -0.2) is 9.97 Å². The highest BCUT2D eigenvalue weighted by molar-refractivity contribution is 5.60. The highest BCUT2D eigenvalue weighted by Gasteiger charge is 2.02. The number of hydrogen-bond donors (Lipinski definition) is 0. The average Bonchev–Trinajstić information content (AvgIpc) is 2.20. The van der Waals surface area contributed by atoms with Crippen LogP contribution in [0.3, 0.4) is 0 Å². The summed E-state index contributed by atoms with van der Waals surface area (Å²) in [6.45, 7) is 3.98. The first-order valence-electron chi connectivity index (χ1n) is 4.47. The van der Waals surface area contributed by atoms with E-state index in [2.05, 4.69) is 15.0 Å². The van der Waals surface area contributed by atoms with Crippen LogP contribution in [-0.4, -0.2) is 15.0 Å². The van der Waals surface area contributed by atoms with Gasteiger partial charge in [0.2, 0.25) is 0 Å². The molecule has 2 aromatic rings. The van der Waals surface area contributed by atoms with E-state index >= 15 is 0 Å². The zero-order chi connectivity index (χ0) is 9.97. The largest absolute Gasteiger partial charge is 0.256 e. The molecule has 70 valence electrons. The summed E-state index contributed by atoms with van der Waals surface area (Å²) in [5.41, 5.74) is 4.03. The Kier molecular flexibility index (Phi) is 2.23. The molecule has 0 saturated carbocycles. The fourth-order valence-corrected chi connectivity index (χ4v) is 1.27. The second kappa shape index (κ2) is 3.54. The summed E-state index contributed by atoms with van der Waals surface area (Å²) in [6, 6.07) is 4.02. The molecule has 0 N–H and O–H groups in total. The molecule has 14 heavy (non-hydrogen) atoms. The normalized spacial score (nSPS) is 10.1. The lowest BCUT2D eigenvalue weighted by molar-refractivity contribution is 1.09. The van der Waals surface area contributed by atoms with Crippen LogP contribution in [0.4, 0.5) is 0 Å². The van der Waals surface area contributed by atoms with Crippen molar-refractivity contribution in [1.82, 2.24) is 15.0 Å². The van der Waals surface area contributed by atoms with Crippen LogP contribution in [0.25, 0.3) is 11.3 Å². The molecular weight excluding hydrogens is 174 g/mol. The van der Waals surface area contributed by atoms with E-state index < -0.39 is 0 Å². The Morgan fingerprint density at radius 1 is 1.00 bits per heavy atom. The Morgan fingerprint density at radius 3 is 2.50 bits per heavy atom. The van der Waals surface area contributed by atoms with Crippen molar-refractivity contribution in [3.05, 3.63) is 42.1 Å². The minimum absolute atomic E-state index is 0.925. The van der Waals surface area contributed by atoms with Crippen molar-refractivity contribution in [3.8, 4) is 11.3 Å². The summed E-state index contributed by atoms with van der Waals surface area (Å²) in [5, 5.41) is 0. The summed E-state index contributed by atoms with van der Waals surface area (Å²) in [6.07, 6.45) is 5.19. The molecule has 0 aromatic carbocycles. The minimum Gasteiger partial charge on any atom is -0.256 e. The van der Waals surface area contributed by atoms with Crippen LogP contribution < -0.4 is 0 Å². The van der Waals surface area contributed by atoms with Crippen LogP contribution in [0, 0.1) is 13.8 Å². The van der Waals surface area contributed by atoms with Crippen LogP contribution in [0.1, 0.15) is 11.3 Å². The molecule has 3 nitrogen and oxygen atoms in total. The molecule has 0 unspecified atom stereocenters. The molecule has 0 atom stereocenters. The molecule has 0 saturated heterocycles. The number of hydrogen-bond acceptors (Lipinski definition) is 3.